The molecule has 2 rings (SSSR count). The monoisotopic (exact) mass is 251 g/mol. The highest BCUT2D eigenvalue weighted by molar-refractivity contribution is 5.70. The number of benzene rings is 1. The van der Waals surface area contributed by atoms with E-state index >= 15 is 0 Å². The molecule has 0 radical (unpaired) electrons. The first-order valence-corrected chi connectivity index (χ1v) is 5.44. The van der Waals surface area contributed by atoms with E-state index in [0.717, 1.165) is 5.56 Å². The molecule has 0 aromatic heterocycles. The fourth-order valence-electron chi connectivity index (χ4n) is 1.71. The van der Waals surface area contributed by atoms with Crippen LogP contribution in [0.4, 0.5) is 9.59 Å². The second kappa shape index (κ2) is 5.39. The SMILES string of the molecule is COC(=O)O[C@@H]1OC(=O)N[C@H]1Cc1ccccc1. The summed E-state index contributed by atoms with van der Waals surface area (Å²) in [4.78, 5) is 22.2. The minimum atomic E-state index is -0.967. The average Bonchev–Trinajstić information content (AvgIpc) is 2.70. The van der Waals surface area contributed by atoms with Crippen LogP contribution in [0.15, 0.2) is 30.3 Å². The molecule has 1 saturated heterocycles. The Kier molecular flexibility index (Phi) is 3.66. The van der Waals surface area contributed by atoms with Crippen molar-refractivity contribution in [3.63, 3.8) is 0 Å². The fraction of sp³-hybridized carbons (Fsp3) is 0.333. The lowest BCUT2D eigenvalue weighted by Gasteiger charge is -2.16. The van der Waals surface area contributed by atoms with Gasteiger partial charge in [0.15, 0.2) is 0 Å². The van der Waals surface area contributed by atoms with Gasteiger partial charge in [0, 0.05) is 6.42 Å². The number of amides is 1. The average molecular weight is 251 g/mol. The summed E-state index contributed by atoms with van der Waals surface area (Å²) < 4.78 is 14.1. The van der Waals surface area contributed by atoms with Gasteiger partial charge in [-0.15, -0.1) is 0 Å². The minimum absolute atomic E-state index is 0.418. The third-order valence-electron chi connectivity index (χ3n) is 2.53. The topological polar surface area (TPSA) is 73.9 Å². The number of alkyl carbamates (subject to hydrolysis) is 1. The molecule has 1 amide bonds. The van der Waals surface area contributed by atoms with Crippen molar-refractivity contribution in [2.45, 2.75) is 18.8 Å². The Morgan fingerprint density at radius 2 is 2.11 bits per heavy atom. The molecule has 0 bridgehead atoms. The molecule has 1 aromatic rings. The standard InChI is InChI=1S/C12H13NO5/c1-16-12(15)18-10-9(13-11(14)17-10)7-8-5-3-2-4-6-8/h2-6,9-10H,7H2,1H3,(H,13,14)/t9-,10-/m0/s1. The minimum Gasteiger partial charge on any atom is -0.438 e. The van der Waals surface area contributed by atoms with Gasteiger partial charge in [0.05, 0.1) is 7.11 Å². The van der Waals surface area contributed by atoms with Crippen LogP contribution in [0.1, 0.15) is 5.56 Å². The smallest absolute Gasteiger partial charge is 0.438 e. The van der Waals surface area contributed by atoms with Crippen molar-refractivity contribution in [1.82, 2.24) is 5.32 Å². The molecule has 1 aromatic carbocycles. The number of nitrogens with one attached hydrogen (secondary N) is 1. The molecule has 2 atom stereocenters. The van der Waals surface area contributed by atoms with Crippen molar-refractivity contribution in [2.24, 2.45) is 0 Å². The zero-order valence-electron chi connectivity index (χ0n) is 9.79. The van der Waals surface area contributed by atoms with E-state index in [1.807, 2.05) is 30.3 Å². The van der Waals surface area contributed by atoms with Crippen LogP contribution in [-0.2, 0) is 20.6 Å². The van der Waals surface area contributed by atoms with Gasteiger partial charge in [0.25, 0.3) is 6.29 Å². The third kappa shape index (κ3) is 2.91. The summed E-state index contributed by atoms with van der Waals surface area (Å²) in [6.07, 6.45) is -1.95. The van der Waals surface area contributed by atoms with Gasteiger partial charge in [-0.05, 0) is 5.56 Å². The molecule has 1 aliphatic rings. The molecular formula is C12H13NO5. The number of hydrogen-bond acceptors (Lipinski definition) is 5. The first kappa shape index (κ1) is 12.2. The number of carbonyl (C=O) groups is 2. The normalized spacial score (nSPS) is 21.9. The highest BCUT2D eigenvalue weighted by atomic mass is 16.8. The Labute approximate surface area is 104 Å². The van der Waals surface area contributed by atoms with Crippen molar-refractivity contribution >= 4 is 12.2 Å². The molecule has 6 nitrogen and oxygen atoms in total. The second-order valence-corrected chi connectivity index (χ2v) is 3.79. The Morgan fingerprint density at radius 3 is 2.78 bits per heavy atom. The van der Waals surface area contributed by atoms with Crippen LogP contribution in [0.2, 0.25) is 0 Å². The maximum Gasteiger partial charge on any atom is 0.511 e. The lowest BCUT2D eigenvalue weighted by molar-refractivity contribution is -0.0702. The van der Waals surface area contributed by atoms with Gasteiger partial charge in [-0.25, -0.2) is 9.59 Å². The van der Waals surface area contributed by atoms with Crippen LogP contribution in [0.25, 0.3) is 0 Å². The molecule has 6 heteroatoms. The van der Waals surface area contributed by atoms with Gasteiger partial charge < -0.3 is 19.5 Å². The van der Waals surface area contributed by atoms with Gasteiger partial charge in [0.2, 0.25) is 0 Å². The zero-order chi connectivity index (χ0) is 13.0. The van der Waals surface area contributed by atoms with Crippen LogP contribution in [0.3, 0.4) is 0 Å². The summed E-state index contributed by atoms with van der Waals surface area (Å²) in [5, 5.41) is 2.59. The first-order valence-electron chi connectivity index (χ1n) is 5.44. The van der Waals surface area contributed by atoms with Gasteiger partial charge in [-0.1, -0.05) is 30.3 Å². The highest BCUT2D eigenvalue weighted by Gasteiger charge is 2.37. The predicted octanol–water partition coefficient (Wildman–Crippen LogP) is 1.45. The largest absolute Gasteiger partial charge is 0.511 e. The van der Waals surface area contributed by atoms with Gasteiger partial charge in [-0.2, -0.15) is 0 Å². The Balaban J connectivity index is 2.01. The molecular weight excluding hydrogens is 238 g/mol. The van der Waals surface area contributed by atoms with E-state index in [1.54, 1.807) is 0 Å². The Morgan fingerprint density at radius 1 is 1.39 bits per heavy atom. The lowest BCUT2D eigenvalue weighted by Crippen LogP contribution is -2.36. The van der Waals surface area contributed by atoms with E-state index in [9.17, 15) is 9.59 Å². The molecule has 0 saturated carbocycles. The summed E-state index contributed by atoms with van der Waals surface area (Å²) >= 11 is 0. The van der Waals surface area contributed by atoms with E-state index in [-0.39, 0.29) is 0 Å². The van der Waals surface area contributed by atoms with Crippen LogP contribution < -0.4 is 5.32 Å². The molecule has 18 heavy (non-hydrogen) atoms. The van der Waals surface area contributed by atoms with Gasteiger partial charge in [0.1, 0.15) is 6.04 Å². The fourth-order valence-corrected chi connectivity index (χ4v) is 1.71. The molecule has 0 spiro atoms. The summed E-state index contributed by atoms with van der Waals surface area (Å²) in [5.41, 5.74) is 1.01. The van der Waals surface area contributed by atoms with Crippen molar-refractivity contribution in [1.29, 1.82) is 0 Å². The van der Waals surface area contributed by atoms with E-state index in [4.69, 9.17) is 9.47 Å². The Hall–Kier alpha value is -2.24. The van der Waals surface area contributed by atoms with Crippen LogP contribution in [-0.4, -0.2) is 31.7 Å². The molecule has 0 unspecified atom stereocenters. The number of methoxy groups -OCH3 is 1. The van der Waals surface area contributed by atoms with Gasteiger partial charge in [-0.3, -0.25) is 0 Å². The summed E-state index contributed by atoms with van der Waals surface area (Å²) in [7, 11) is 1.19. The first-order chi connectivity index (χ1) is 8.69. The molecule has 1 aliphatic heterocycles. The van der Waals surface area contributed by atoms with Crippen LogP contribution in [0.5, 0.6) is 0 Å². The van der Waals surface area contributed by atoms with Crippen LogP contribution >= 0.6 is 0 Å². The lowest BCUT2D eigenvalue weighted by atomic mass is 10.1. The summed E-state index contributed by atoms with van der Waals surface area (Å²) in [6.45, 7) is 0. The molecule has 1 heterocycles. The number of rotatable bonds is 3. The van der Waals surface area contributed by atoms with E-state index in [2.05, 4.69) is 10.1 Å². The maximum atomic E-state index is 11.2. The highest BCUT2D eigenvalue weighted by Crippen LogP contribution is 2.15. The van der Waals surface area contributed by atoms with Gasteiger partial charge >= 0.3 is 12.2 Å². The van der Waals surface area contributed by atoms with Crippen LogP contribution in [0, 0.1) is 0 Å². The maximum absolute atomic E-state index is 11.2. The van der Waals surface area contributed by atoms with Crippen molar-refractivity contribution in [3.8, 4) is 0 Å². The summed E-state index contributed by atoms with van der Waals surface area (Å²) in [6, 6.07) is 9.10. The van der Waals surface area contributed by atoms with Crippen molar-refractivity contribution in [3.05, 3.63) is 35.9 Å². The molecule has 1 N–H and O–H groups in total. The quantitative estimate of drug-likeness (QED) is 0.823. The Bertz CT molecular complexity index is 433. The number of hydrogen-bond donors (Lipinski definition) is 1. The second-order valence-electron chi connectivity index (χ2n) is 3.79. The van der Waals surface area contributed by atoms with E-state index in [0.29, 0.717) is 6.42 Å². The van der Waals surface area contributed by atoms with Crippen molar-refractivity contribution < 1.29 is 23.8 Å². The molecule has 1 fully saturated rings. The number of carbonyl (C=O) groups excluding carboxylic acids is 2. The predicted molar refractivity (Wildman–Crippen MR) is 60.8 cm³/mol. The zero-order valence-corrected chi connectivity index (χ0v) is 9.79. The number of cyclic esters (lactones) is 1. The summed E-state index contributed by atoms with van der Waals surface area (Å²) in [5.74, 6) is 0. The molecule has 0 aliphatic carbocycles. The third-order valence-corrected chi connectivity index (χ3v) is 2.53. The van der Waals surface area contributed by atoms with E-state index < -0.39 is 24.6 Å². The number of ether oxygens (including phenoxy) is 3. The molecule has 96 valence electrons. The van der Waals surface area contributed by atoms with E-state index in [1.165, 1.54) is 7.11 Å². The van der Waals surface area contributed by atoms with Crippen molar-refractivity contribution in [2.75, 3.05) is 7.11 Å².